The number of hydrogen-bond acceptors (Lipinski definition) is 1. The Kier molecular flexibility index (Phi) is 4.97. The Hall–Kier alpha value is -2.05. The summed E-state index contributed by atoms with van der Waals surface area (Å²) >= 11 is 12.1. The van der Waals surface area contributed by atoms with Crippen LogP contribution in [0.4, 0.5) is 8.78 Å². The lowest BCUT2D eigenvalue weighted by molar-refractivity contribution is -0.114. The van der Waals surface area contributed by atoms with Gasteiger partial charge in [0.05, 0.1) is 21.2 Å². The second-order valence-corrected chi connectivity index (χ2v) is 5.60. The smallest absolute Gasteiger partial charge is 0.326 e. The Morgan fingerprint density at radius 2 is 1.87 bits per heavy atom. The van der Waals surface area contributed by atoms with Crippen molar-refractivity contribution in [2.45, 2.75) is 12.8 Å². The van der Waals surface area contributed by atoms with Gasteiger partial charge in [-0.3, -0.25) is 10.4 Å². The van der Waals surface area contributed by atoms with Crippen LogP contribution in [0, 0.1) is 0 Å². The van der Waals surface area contributed by atoms with Gasteiger partial charge in [-0.15, -0.1) is 0 Å². The summed E-state index contributed by atoms with van der Waals surface area (Å²) in [6.45, 7) is 0.761. The first-order valence-electron chi connectivity index (χ1n) is 6.45. The molecule has 0 saturated carbocycles. The van der Waals surface area contributed by atoms with Crippen LogP contribution < -0.4 is 11.1 Å². The monoisotopic (exact) mass is 357 g/mol. The second kappa shape index (κ2) is 6.60. The van der Waals surface area contributed by atoms with Gasteiger partial charge in [-0.25, -0.2) is 8.78 Å². The van der Waals surface area contributed by atoms with Crippen molar-refractivity contribution in [1.29, 1.82) is 0 Å². The number of hydrogen-bond donors (Lipinski definition) is 2. The Bertz CT molecular complexity index is 765. The zero-order chi connectivity index (χ0) is 17.2. The molecule has 23 heavy (non-hydrogen) atoms. The van der Waals surface area contributed by atoms with Crippen LogP contribution in [0.2, 0.25) is 10.0 Å². The standard InChI is InChI=1S/C15H12Cl2F2N4/c1-15(18,19)9-5-6-22-7-8(9)13(20)23-14(21)12-10(16)3-2-4-11(12)17/h2-7H,1H3,(H3,20,21,23)/p+1. The highest BCUT2D eigenvalue weighted by Crippen LogP contribution is 2.29. The molecule has 8 heteroatoms. The van der Waals surface area contributed by atoms with Crippen LogP contribution in [0.1, 0.15) is 23.6 Å². The number of aliphatic imine (C=N–C) groups is 1. The van der Waals surface area contributed by atoms with Crippen molar-refractivity contribution in [1.82, 2.24) is 4.98 Å². The van der Waals surface area contributed by atoms with Crippen LogP contribution in [0.5, 0.6) is 0 Å². The Morgan fingerprint density at radius 1 is 1.26 bits per heavy atom. The number of nitrogens with two attached hydrogens (primary N) is 2. The van der Waals surface area contributed by atoms with Crippen molar-refractivity contribution in [2.75, 3.05) is 0 Å². The highest BCUT2D eigenvalue weighted by molar-refractivity contribution is 6.40. The molecule has 0 amide bonds. The zero-order valence-electron chi connectivity index (χ0n) is 12.0. The number of halogens is 4. The van der Waals surface area contributed by atoms with Crippen molar-refractivity contribution in [3.63, 3.8) is 0 Å². The van der Waals surface area contributed by atoms with E-state index in [1.807, 2.05) is 0 Å². The maximum absolute atomic E-state index is 13.6. The fraction of sp³-hybridized carbons (Fsp3) is 0.133. The molecule has 4 N–H and O–H groups in total. The van der Waals surface area contributed by atoms with Crippen molar-refractivity contribution < 1.29 is 14.2 Å². The van der Waals surface area contributed by atoms with Gasteiger partial charge in [-0.05, 0) is 23.2 Å². The summed E-state index contributed by atoms with van der Waals surface area (Å²) in [5.41, 5.74) is 5.84. The van der Waals surface area contributed by atoms with Crippen LogP contribution in [-0.2, 0) is 5.92 Å². The van der Waals surface area contributed by atoms with Crippen LogP contribution in [0.3, 0.4) is 0 Å². The quantitative estimate of drug-likeness (QED) is 0.653. The SMILES string of the molecule is CC(F)(F)c1ccncc1C(=[NH2+])N=C(N)c1c(Cl)cccc1Cl. The average Bonchev–Trinajstić information content (AvgIpc) is 2.46. The highest BCUT2D eigenvalue weighted by Gasteiger charge is 2.31. The molecule has 0 aliphatic rings. The third kappa shape index (κ3) is 3.83. The van der Waals surface area contributed by atoms with Crippen LogP contribution >= 0.6 is 23.2 Å². The Labute approximate surface area is 141 Å². The molecule has 0 unspecified atom stereocenters. The molecule has 0 fully saturated rings. The minimum atomic E-state index is -3.10. The van der Waals surface area contributed by atoms with Gasteiger partial charge in [0, 0.05) is 24.9 Å². The lowest BCUT2D eigenvalue weighted by Crippen LogP contribution is -2.41. The molecular formula is C15H13Cl2F2N4+. The summed E-state index contributed by atoms with van der Waals surface area (Å²) in [4.78, 5) is 7.76. The van der Waals surface area contributed by atoms with Crippen LogP contribution in [-0.4, -0.2) is 16.7 Å². The van der Waals surface area contributed by atoms with E-state index in [-0.39, 0.29) is 38.4 Å². The van der Waals surface area contributed by atoms with Crippen molar-refractivity contribution >= 4 is 34.9 Å². The van der Waals surface area contributed by atoms with E-state index in [0.29, 0.717) is 0 Å². The van der Waals surface area contributed by atoms with E-state index in [1.54, 1.807) is 18.2 Å². The molecule has 0 bridgehead atoms. The number of amidine groups is 2. The molecule has 0 atom stereocenters. The fourth-order valence-electron chi connectivity index (χ4n) is 1.97. The molecule has 2 aromatic rings. The average molecular weight is 358 g/mol. The predicted molar refractivity (Wildman–Crippen MR) is 87.0 cm³/mol. The summed E-state index contributed by atoms with van der Waals surface area (Å²) < 4.78 is 27.3. The lowest BCUT2D eigenvalue weighted by atomic mass is 10.0. The van der Waals surface area contributed by atoms with Gasteiger partial charge >= 0.3 is 5.84 Å². The number of pyridine rings is 1. The maximum Gasteiger partial charge on any atom is 0.326 e. The van der Waals surface area contributed by atoms with Crippen molar-refractivity contribution in [3.8, 4) is 0 Å². The molecule has 0 aliphatic heterocycles. The molecule has 1 aromatic carbocycles. The van der Waals surface area contributed by atoms with Gasteiger partial charge in [0.2, 0.25) is 5.84 Å². The zero-order valence-corrected chi connectivity index (χ0v) is 13.5. The third-order valence-corrected chi connectivity index (χ3v) is 3.66. The molecular weight excluding hydrogens is 345 g/mol. The minimum absolute atomic E-state index is 0.00822. The molecule has 0 saturated heterocycles. The van der Waals surface area contributed by atoms with E-state index in [4.69, 9.17) is 34.3 Å². The van der Waals surface area contributed by atoms with Gasteiger partial charge < -0.3 is 5.73 Å². The van der Waals surface area contributed by atoms with Gasteiger partial charge in [0.1, 0.15) is 0 Å². The fourth-order valence-corrected chi connectivity index (χ4v) is 2.56. The third-order valence-electron chi connectivity index (χ3n) is 3.03. The van der Waals surface area contributed by atoms with Crippen molar-refractivity contribution in [2.24, 2.45) is 10.7 Å². The van der Waals surface area contributed by atoms with Crippen molar-refractivity contribution in [3.05, 3.63) is 63.4 Å². The number of benzene rings is 1. The molecule has 0 aliphatic carbocycles. The van der Waals surface area contributed by atoms with Crippen LogP contribution in [0.15, 0.2) is 41.7 Å². The van der Waals surface area contributed by atoms with E-state index in [1.165, 1.54) is 18.5 Å². The molecule has 4 nitrogen and oxygen atoms in total. The number of aromatic nitrogens is 1. The largest absolute Gasteiger partial charge is 0.362 e. The van der Waals surface area contributed by atoms with Gasteiger partial charge in [0.15, 0.2) is 0 Å². The van der Waals surface area contributed by atoms with Gasteiger partial charge in [0.25, 0.3) is 5.92 Å². The Balaban J connectivity index is 2.47. The first kappa shape index (κ1) is 17.3. The van der Waals surface area contributed by atoms with E-state index < -0.39 is 5.92 Å². The molecule has 2 rings (SSSR count). The molecule has 1 aromatic heterocycles. The number of rotatable bonds is 3. The Morgan fingerprint density at radius 3 is 2.43 bits per heavy atom. The lowest BCUT2D eigenvalue weighted by Gasteiger charge is -2.12. The minimum Gasteiger partial charge on any atom is -0.362 e. The number of alkyl halides is 2. The summed E-state index contributed by atoms with van der Waals surface area (Å²) in [6.07, 6.45) is 2.45. The van der Waals surface area contributed by atoms with Crippen LogP contribution in [0.25, 0.3) is 0 Å². The van der Waals surface area contributed by atoms with E-state index >= 15 is 0 Å². The molecule has 1 heterocycles. The summed E-state index contributed by atoms with van der Waals surface area (Å²) in [5, 5.41) is 6.37. The first-order valence-corrected chi connectivity index (χ1v) is 7.21. The predicted octanol–water partition coefficient (Wildman–Crippen LogP) is 2.41. The second-order valence-electron chi connectivity index (χ2n) is 4.79. The molecule has 0 spiro atoms. The van der Waals surface area contributed by atoms with Gasteiger partial charge in [-0.1, -0.05) is 29.3 Å². The number of nitrogens with zero attached hydrogens (tertiary/aromatic N) is 2. The molecule has 120 valence electrons. The van der Waals surface area contributed by atoms with E-state index in [0.717, 1.165) is 6.92 Å². The summed E-state index contributed by atoms with van der Waals surface area (Å²) in [5.74, 6) is -3.38. The molecule has 0 radical (unpaired) electrons. The maximum atomic E-state index is 13.6. The van der Waals surface area contributed by atoms with Gasteiger partial charge in [-0.2, -0.15) is 0 Å². The highest BCUT2D eigenvalue weighted by atomic mass is 35.5. The topological polar surface area (TPSA) is 76.9 Å². The summed E-state index contributed by atoms with van der Waals surface area (Å²) in [6, 6.07) is 5.98. The van der Waals surface area contributed by atoms with E-state index in [2.05, 4.69) is 9.98 Å². The normalized spacial score (nSPS) is 12.3. The van der Waals surface area contributed by atoms with E-state index in [9.17, 15) is 8.78 Å². The first-order chi connectivity index (χ1) is 10.7. The summed E-state index contributed by atoms with van der Waals surface area (Å²) in [7, 11) is 0.